The van der Waals surface area contributed by atoms with E-state index in [-0.39, 0.29) is 16.4 Å². The van der Waals surface area contributed by atoms with Gasteiger partial charge in [0, 0.05) is 13.0 Å². The zero-order valence-electron chi connectivity index (χ0n) is 7.15. The van der Waals surface area contributed by atoms with Gasteiger partial charge in [0.1, 0.15) is 5.15 Å². The minimum Gasteiger partial charge on any atom is -0.294 e. The van der Waals surface area contributed by atoms with Crippen molar-refractivity contribution in [3.05, 3.63) is 17.5 Å². The summed E-state index contributed by atoms with van der Waals surface area (Å²) in [6.07, 6.45) is 3.26. The summed E-state index contributed by atoms with van der Waals surface area (Å²) in [4.78, 5) is 20.8. The molecule has 1 aliphatic heterocycles. The van der Waals surface area contributed by atoms with Gasteiger partial charge in [-0.15, -0.1) is 11.6 Å². The fourth-order valence-corrected chi connectivity index (χ4v) is 1.76. The molecule has 1 aromatic heterocycles. The highest BCUT2D eigenvalue weighted by molar-refractivity contribution is 6.29. The Morgan fingerprint density at radius 1 is 1.50 bits per heavy atom. The molecule has 74 valence electrons. The van der Waals surface area contributed by atoms with Crippen molar-refractivity contribution in [1.29, 1.82) is 0 Å². The van der Waals surface area contributed by atoms with Gasteiger partial charge in [-0.3, -0.25) is 14.7 Å². The molecule has 1 aliphatic rings. The van der Waals surface area contributed by atoms with Crippen LogP contribution in [0.3, 0.4) is 0 Å². The van der Waals surface area contributed by atoms with Gasteiger partial charge in [0.05, 0.1) is 17.8 Å². The number of halogens is 2. The molecular weight excluding hydrogens is 225 g/mol. The highest BCUT2D eigenvalue weighted by atomic mass is 35.5. The summed E-state index contributed by atoms with van der Waals surface area (Å²) in [5.74, 6) is 0.423. The second-order valence-electron chi connectivity index (χ2n) is 3.01. The van der Waals surface area contributed by atoms with E-state index in [2.05, 4.69) is 9.97 Å². The summed E-state index contributed by atoms with van der Waals surface area (Å²) >= 11 is 11.5. The van der Waals surface area contributed by atoms with Crippen LogP contribution in [0.1, 0.15) is 6.42 Å². The topological polar surface area (TPSA) is 46.1 Å². The van der Waals surface area contributed by atoms with Crippen LogP contribution in [0.4, 0.5) is 5.82 Å². The predicted octanol–water partition coefficient (Wildman–Crippen LogP) is 1.47. The normalized spacial score (nSPS) is 21.7. The van der Waals surface area contributed by atoms with E-state index >= 15 is 0 Å². The van der Waals surface area contributed by atoms with Crippen LogP contribution in [-0.2, 0) is 4.79 Å². The molecule has 0 bridgehead atoms. The van der Waals surface area contributed by atoms with Crippen LogP contribution in [0, 0.1) is 0 Å². The first-order valence-electron chi connectivity index (χ1n) is 4.09. The number of hydrogen-bond donors (Lipinski definition) is 0. The molecule has 0 aromatic carbocycles. The molecule has 1 fully saturated rings. The van der Waals surface area contributed by atoms with E-state index in [1.54, 1.807) is 0 Å². The Bertz CT molecular complexity index is 371. The zero-order valence-corrected chi connectivity index (χ0v) is 8.66. The molecule has 1 saturated heterocycles. The van der Waals surface area contributed by atoms with Gasteiger partial charge >= 0.3 is 0 Å². The standard InChI is InChI=1S/C8H7Cl2N3O/c9-5-1-8(14)13(4-5)7-3-11-2-6(10)12-7/h2-3,5H,1,4H2. The maximum absolute atomic E-state index is 11.4. The molecule has 1 aromatic rings. The minimum atomic E-state index is -0.150. The van der Waals surface area contributed by atoms with Crippen molar-refractivity contribution in [2.75, 3.05) is 11.4 Å². The van der Waals surface area contributed by atoms with Crippen molar-refractivity contribution in [3.8, 4) is 0 Å². The summed E-state index contributed by atoms with van der Waals surface area (Å²) in [6.45, 7) is 0.468. The molecule has 1 amide bonds. The maximum atomic E-state index is 11.4. The second kappa shape index (κ2) is 3.71. The summed E-state index contributed by atoms with van der Waals surface area (Å²) in [7, 11) is 0. The van der Waals surface area contributed by atoms with Crippen LogP contribution < -0.4 is 4.90 Å². The van der Waals surface area contributed by atoms with Gasteiger partial charge < -0.3 is 0 Å². The monoisotopic (exact) mass is 231 g/mol. The highest BCUT2D eigenvalue weighted by Crippen LogP contribution is 2.22. The van der Waals surface area contributed by atoms with Gasteiger partial charge in [-0.05, 0) is 0 Å². The van der Waals surface area contributed by atoms with Crippen molar-refractivity contribution in [3.63, 3.8) is 0 Å². The van der Waals surface area contributed by atoms with E-state index in [0.29, 0.717) is 18.8 Å². The van der Waals surface area contributed by atoms with Crippen molar-refractivity contribution in [1.82, 2.24) is 9.97 Å². The molecule has 1 unspecified atom stereocenters. The second-order valence-corrected chi connectivity index (χ2v) is 4.01. The fraction of sp³-hybridized carbons (Fsp3) is 0.375. The number of carbonyl (C=O) groups excluding carboxylic acids is 1. The number of nitrogens with zero attached hydrogens (tertiary/aromatic N) is 3. The first-order valence-corrected chi connectivity index (χ1v) is 4.90. The Balaban J connectivity index is 2.27. The summed E-state index contributed by atoms with van der Waals surface area (Å²) < 4.78 is 0. The molecule has 0 radical (unpaired) electrons. The lowest BCUT2D eigenvalue weighted by molar-refractivity contribution is -0.117. The summed E-state index contributed by atoms with van der Waals surface area (Å²) in [6, 6.07) is 0. The van der Waals surface area contributed by atoms with Crippen LogP contribution >= 0.6 is 23.2 Å². The number of rotatable bonds is 1. The number of alkyl halides is 1. The van der Waals surface area contributed by atoms with Crippen LogP contribution in [-0.4, -0.2) is 27.8 Å². The van der Waals surface area contributed by atoms with Crippen molar-refractivity contribution >= 4 is 34.9 Å². The van der Waals surface area contributed by atoms with Crippen molar-refractivity contribution in [2.24, 2.45) is 0 Å². The van der Waals surface area contributed by atoms with E-state index in [4.69, 9.17) is 23.2 Å². The molecular formula is C8H7Cl2N3O. The molecule has 2 heterocycles. The molecule has 0 saturated carbocycles. The van der Waals surface area contributed by atoms with E-state index in [1.165, 1.54) is 17.3 Å². The SMILES string of the molecule is O=C1CC(Cl)CN1c1cncc(Cl)n1. The molecule has 0 aliphatic carbocycles. The maximum Gasteiger partial charge on any atom is 0.229 e. The minimum absolute atomic E-state index is 0.0402. The Morgan fingerprint density at radius 2 is 2.29 bits per heavy atom. The van der Waals surface area contributed by atoms with Crippen molar-refractivity contribution in [2.45, 2.75) is 11.8 Å². The van der Waals surface area contributed by atoms with Gasteiger partial charge in [-0.2, -0.15) is 0 Å². The van der Waals surface area contributed by atoms with Gasteiger partial charge in [0.2, 0.25) is 5.91 Å². The lowest BCUT2D eigenvalue weighted by Gasteiger charge is -2.13. The van der Waals surface area contributed by atoms with Crippen LogP contribution in [0.25, 0.3) is 0 Å². The number of amides is 1. The van der Waals surface area contributed by atoms with E-state index < -0.39 is 0 Å². The van der Waals surface area contributed by atoms with E-state index in [9.17, 15) is 4.79 Å². The van der Waals surface area contributed by atoms with Crippen LogP contribution in [0.15, 0.2) is 12.4 Å². The van der Waals surface area contributed by atoms with E-state index in [1.807, 2.05) is 0 Å². The number of carbonyl (C=O) groups is 1. The lowest BCUT2D eigenvalue weighted by Crippen LogP contribution is -2.25. The third kappa shape index (κ3) is 1.81. The average molecular weight is 232 g/mol. The van der Waals surface area contributed by atoms with Gasteiger partial charge in [0.15, 0.2) is 5.82 Å². The Hall–Kier alpha value is -0.870. The van der Waals surface area contributed by atoms with Gasteiger partial charge in [-0.25, -0.2) is 4.98 Å². The molecule has 0 N–H and O–H groups in total. The fourth-order valence-electron chi connectivity index (χ4n) is 1.35. The number of aromatic nitrogens is 2. The summed E-state index contributed by atoms with van der Waals surface area (Å²) in [5.41, 5.74) is 0. The largest absolute Gasteiger partial charge is 0.294 e. The molecule has 1 atom stereocenters. The first-order chi connectivity index (χ1) is 6.66. The number of anilines is 1. The van der Waals surface area contributed by atoms with Crippen molar-refractivity contribution < 1.29 is 4.79 Å². The number of hydrogen-bond acceptors (Lipinski definition) is 3. The zero-order chi connectivity index (χ0) is 10.1. The lowest BCUT2D eigenvalue weighted by atomic mass is 10.4. The molecule has 2 rings (SSSR count). The Kier molecular flexibility index (Phi) is 2.56. The van der Waals surface area contributed by atoms with Crippen LogP contribution in [0.5, 0.6) is 0 Å². The smallest absolute Gasteiger partial charge is 0.229 e. The third-order valence-corrected chi connectivity index (χ3v) is 2.42. The quantitative estimate of drug-likeness (QED) is 0.689. The molecule has 4 nitrogen and oxygen atoms in total. The first kappa shape index (κ1) is 9.68. The van der Waals surface area contributed by atoms with E-state index in [0.717, 1.165) is 0 Å². The Morgan fingerprint density at radius 3 is 2.86 bits per heavy atom. The van der Waals surface area contributed by atoms with Gasteiger partial charge in [0.25, 0.3) is 0 Å². The molecule has 0 spiro atoms. The average Bonchev–Trinajstić information content (AvgIpc) is 2.45. The Labute approximate surface area is 90.9 Å². The summed E-state index contributed by atoms with van der Waals surface area (Å²) in [5, 5.41) is 0.122. The predicted molar refractivity (Wildman–Crippen MR) is 53.7 cm³/mol. The van der Waals surface area contributed by atoms with Crippen LogP contribution in [0.2, 0.25) is 5.15 Å². The highest BCUT2D eigenvalue weighted by Gasteiger charge is 2.30. The molecule has 14 heavy (non-hydrogen) atoms. The van der Waals surface area contributed by atoms with Gasteiger partial charge in [-0.1, -0.05) is 11.6 Å². The molecule has 6 heteroatoms. The third-order valence-electron chi connectivity index (χ3n) is 1.95.